The average molecular weight is 195 g/mol. The van der Waals surface area contributed by atoms with Crippen LogP contribution in [0.2, 0.25) is 0 Å². The molecule has 0 bridgehead atoms. The summed E-state index contributed by atoms with van der Waals surface area (Å²) < 4.78 is 1.30. The Morgan fingerprint density at radius 1 is 1.67 bits per heavy atom. The van der Waals surface area contributed by atoms with Crippen LogP contribution in [0.1, 0.15) is 19.8 Å². The molecule has 0 amide bonds. The van der Waals surface area contributed by atoms with E-state index in [2.05, 4.69) is 6.92 Å². The molecule has 0 N–H and O–H groups in total. The third-order valence-corrected chi connectivity index (χ3v) is 1.98. The zero-order valence-corrected chi connectivity index (χ0v) is 6.23. The van der Waals surface area contributed by atoms with Crippen LogP contribution in [-0.2, 0) is 0 Å². The van der Waals surface area contributed by atoms with E-state index in [-0.39, 0.29) is 21.0 Å². The normalized spacial score (nSPS) is 9.50. The fraction of sp³-hybridized carbons (Fsp3) is 1.00. The van der Waals surface area contributed by atoms with Gasteiger partial charge < -0.3 is 0 Å². The second kappa shape index (κ2) is 5.79. The molecule has 2 heteroatoms. The van der Waals surface area contributed by atoms with E-state index in [9.17, 15) is 0 Å². The summed E-state index contributed by atoms with van der Waals surface area (Å²) in [6, 6.07) is 0. The van der Waals surface area contributed by atoms with Crippen molar-refractivity contribution in [2.45, 2.75) is 19.8 Å². The molecule has 0 heterocycles. The number of hydrogen-bond acceptors (Lipinski definition) is 0. The van der Waals surface area contributed by atoms with Gasteiger partial charge in [-0.2, -0.15) is 0 Å². The van der Waals surface area contributed by atoms with Crippen LogP contribution in [-0.4, -0.2) is 10.1 Å². The maximum atomic E-state index is 5.32. The van der Waals surface area contributed by atoms with E-state index in [1.54, 1.807) is 0 Å². The quantitative estimate of drug-likeness (QED) is 0.210. The molecule has 0 atom stereocenters. The first-order chi connectivity index (χ1) is 2.91. The molecule has 0 aliphatic heterocycles. The van der Waals surface area contributed by atoms with Crippen LogP contribution in [0.15, 0.2) is 0 Å². The van der Waals surface area contributed by atoms with Gasteiger partial charge in [0.2, 0.25) is 0 Å². The molecule has 36 valence electrons. The third kappa shape index (κ3) is 4.79. The zero-order chi connectivity index (χ0) is 4.83. The second-order valence-corrected chi connectivity index (χ2v) is 3.16. The van der Waals surface area contributed by atoms with Crippen molar-refractivity contribution in [3.63, 3.8) is 0 Å². The van der Waals surface area contributed by atoms with Gasteiger partial charge in [-0.05, 0) is 0 Å². The Kier molecular flexibility index (Phi) is 6.56. The summed E-state index contributed by atoms with van der Waals surface area (Å²) in [7, 11) is 0. The van der Waals surface area contributed by atoms with Crippen LogP contribution < -0.4 is 21.0 Å². The average Bonchev–Trinajstić information content (AvgIpc) is 1.61. The van der Waals surface area contributed by atoms with Crippen molar-refractivity contribution < 1.29 is 21.0 Å². The van der Waals surface area contributed by atoms with E-state index in [0.29, 0.717) is 0 Å². The van der Waals surface area contributed by atoms with Gasteiger partial charge in [-0.25, -0.2) is 0 Å². The van der Waals surface area contributed by atoms with Gasteiger partial charge >= 0.3 is 50.9 Å². The van der Waals surface area contributed by atoms with Gasteiger partial charge in [0, 0.05) is 0 Å². The van der Waals surface area contributed by atoms with Crippen molar-refractivity contribution in [2.75, 3.05) is 4.43 Å². The number of unbranched alkanes of at least 4 members (excludes halogenated alkanes) is 1. The molecular weight excluding hydrogens is 186 g/mol. The molecule has 6 heavy (non-hydrogen) atoms. The standard InChI is InChI=1S/C4H9BI/c1-2-3-4-6-5/h2-4H2,1H3/q-1. The summed E-state index contributed by atoms with van der Waals surface area (Å²) in [5, 5.41) is 0. The summed E-state index contributed by atoms with van der Waals surface area (Å²) in [6.45, 7) is 2.19. The van der Waals surface area contributed by atoms with Crippen molar-refractivity contribution in [2.24, 2.45) is 0 Å². The Hall–Kier alpha value is 0.795. The topological polar surface area (TPSA) is 0 Å². The molecule has 0 unspecified atom stereocenters. The van der Waals surface area contributed by atoms with Crippen LogP contribution in [0, 0.1) is 0 Å². The summed E-state index contributed by atoms with van der Waals surface area (Å²) >= 11 is 0.101. The molecule has 0 saturated heterocycles. The van der Waals surface area contributed by atoms with Crippen LogP contribution in [0.5, 0.6) is 0 Å². The molecule has 2 radical (unpaired) electrons. The Balaban J connectivity index is 2.34. The summed E-state index contributed by atoms with van der Waals surface area (Å²) in [5.74, 6) is 0. The predicted molar refractivity (Wildman–Crippen MR) is 25.5 cm³/mol. The predicted octanol–water partition coefficient (Wildman–Crippen LogP) is -2.04. The number of alkyl halides is 1. The fourth-order valence-corrected chi connectivity index (χ4v) is 1.41. The minimum absolute atomic E-state index is 0.101. The van der Waals surface area contributed by atoms with Gasteiger partial charge in [-0.15, -0.1) is 0 Å². The molecule has 0 aliphatic rings. The van der Waals surface area contributed by atoms with Gasteiger partial charge in [0.25, 0.3) is 0 Å². The van der Waals surface area contributed by atoms with E-state index in [1.807, 2.05) is 0 Å². The number of hydrogen-bond donors (Lipinski definition) is 0. The van der Waals surface area contributed by atoms with Crippen LogP contribution in [0.25, 0.3) is 0 Å². The van der Waals surface area contributed by atoms with Gasteiger partial charge in [-0.1, -0.05) is 0 Å². The van der Waals surface area contributed by atoms with Crippen molar-refractivity contribution in [3.05, 3.63) is 0 Å². The van der Waals surface area contributed by atoms with Gasteiger partial charge in [0.15, 0.2) is 0 Å². The zero-order valence-electron chi connectivity index (χ0n) is 4.08. The second-order valence-electron chi connectivity index (χ2n) is 1.20. The van der Waals surface area contributed by atoms with E-state index >= 15 is 0 Å². The van der Waals surface area contributed by atoms with Crippen molar-refractivity contribution in [1.29, 1.82) is 0 Å². The minimum atomic E-state index is 0.101. The molecule has 0 nitrogen and oxygen atoms in total. The Labute approximate surface area is 51.1 Å². The van der Waals surface area contributed by atoms with Gasteiger partial charge in [-0.3, -0.25) is 0 Å². The van der Waals surface area contributed by atoms with Crippen molar-refractivity contribution >= 4 is 5.70 Å². The molecule has 0 rings (SSSR count). The molecule has 0 aromatic heterocycles. The van der Waals surface area contributed by atoms with Gasteiger partial charge in [0.1, 0.15) is 0 Å². The first-order valence-corrected chi connectivity index (χ1v) is 4.96. The van der Waals surface area contributed by atoms with Crippen molar-refractivity contribution in [1.82, 2.24) is 0 Å². The Bertz CT molecular complexity index is 19.5. The number of rotatable bonds is 3. The SMILES string of the molecule is [B][I-]CCCC. The Morgan fingerprint density at radius 3 is 2.50 bits per heavy atom. The summed E-state index contributed by atoms with van der Waals surface area (Å²) in [5.41, 5.74) is 5.32. The van der Waals surface area contributed by atoms with E-state index in [1.165, 1.54) is 17.3 Å². The molecule has 0 aromatic carbocycles. The Morgan fingerprint density at radius 2 is 2.33 bits per heavy atom. The molecule has 0 aromatic rings. The number of halogens is 1. The summed E-state index contributed by atoms with van der Waals surface area (Å²) in [6.07, 6.45) is 2.64. The summed E-state index contributed by atoms with van der Waals surface area (Å²) in [4.78, 5) is 0. The molecule has 0 spiro atoms. The van der Waals surface area contributed by atoms with Crippen LogP contribution >= 0.6 is 0 Å². The van der Waals surface area contributed by atoms with E-state index in [0.717, 1.165) is 0 Å². The first-order valence-electron chi connectivity index (χ1n) is 2.19. The van der Waals surface area contributed by atoms with Crippen molar-refractivity contribution in [3.8, 4) is 0 Å². The monoisotopic (exact) mass is 195 g/mol. The van der Waals surface area contributed by atoms with Gasteiger partial charge in [0.05, 0.1) is 0 Å². The van der Waals surface area contributed by atoms with E-state index < -0.39 is 0 Å². The molecule has 0 fully saturated rings. The third-order valence-electron chi connectivity index (χ3n) is 0.596. The molecular formula is C4H9BI-. The first kappa shape index (κ1) is 6.79. The molecule has 0 saturated carbocycles. The fourth-order valence-electron chi connectivity index (χ4n) is 0.211. The van der Waals surface area contributed by atoms with Crippen LogP contribution in [0.4, 0.5) is 0 Å². The van der Waals surface area contributed by atoms with Crippen LogP contribution in [0.3, 0.4) is 0 Å². The van der Waals surface area contributed by atoms with E-state index in [4.69, 9.17) is 5.70 Å². The maximum absolute atomic E-state index is 5.32. The molecule has 0 aliphatic carbocycles.